The topological polar surface area (TPSA) is 32.6 Å². The molecule has 0 radical (unpaired) electrons. The number of benzene rings is 3. The van der Waals surface area contributed by atoms with Gasteiger partial charge < -0.3 is 5.11 Å². The van der Waals surface area contributed by atoms with Gasteiger partial charge >= 0.3 is 0 Å². The van der Waals surface area contributed by atoms with Crippen LogP contribution in [0.4, 0.5) is 5.69 Å². The maximum absolute atomic E-state index is 10.5. The number of aromatic hydroxyl groups is 1. The third-order valence-corrected chi connectivity index (χ3v) is 6.29. The zero-order chi connectivity index (χ0) is 20.2. The van der Waals surface area contributed by atoms with Crippen LogP contribution in [0.1, 0.15) is 73.1 Å². The summed E-state index contributed by atoms with van der Waals surface area (Å²) in [5, 5.41) is 12.6. The minimum absolute atomic E-state index is 0.282. The Morgan fingerprint density at radius 2 is 1.62 bits per heavy atom. The molecule has 29 heavy (non-hydrogen) atoms. The fourth-order valence-electron chi connectivity index (χ4n) is 4.80. The molecule has 4 rings (SSSR count). The Morgan fingerprint density at radius 3 is 2.41 bits per heavy atom. The molecule has 1 N–H and O–H groups in total. The molecule has 150 valence electrons. The number of phenols is 1. The monoisotopic (exact) mass is 385 g/mol. The molecule has 2 heteroatoms. The standard InChI is InChI=1S/C27H31NO/c1-19-16-20(2)27(24(17-19)21-10-6-4-3-5-7-11-21)28-18-25-23-13-9-8-12-22(23)14-15-26(25)29/h8-9,12-18,21,29H,3-7,10-11H2,1-2H3. The fraction of sp³-hybridized carbons (Fsp3) is 0.370. The Labute approximate surface area is 174 Å². The number of rotatable bonds is 3. The van der Waals surface area contributed by atoms with Gasteiger partial charge in [0.1, 0.15) is 5.75 Å². The molecule has 0 aromatic heterocycles. The van der Waals surface area contributed by atoms with E-state index in [1.165, 1.54) is 61.6 Å². The summed E-state index contributed by atoms with van der Waals surface area (Å²) in [6, 6.07) is 16.4. The Morgan fingerprint density at radius 1 is 0.897 bits per heavy atom. The largest absolute Gasteiger partial charge is 0.507 e. The minimum atomic E-state index is 0.282. The van der Waals surface area contributed by atoms with Gasteiger partial charge in [-0.3, -0.25) is 4.99 Å². The third kappa shape index (κ3) is 4.37. The average molecular weight is 386 g/mol. The highest BCUT2D eigenvalue weighted by molar-refractivity contribution is 6.03. The van der Waals surface area contributed by atoms with Gasteiger partial charge in [-0.25, -0.2) is 0 Å². The normalized spacial score (nSPS) is 16.2. The summed E-state index contributed by atoms with van der Waals surface area (Å²) < 4.78 is 0. The molecule has 0 spiro atoms. The summed E-state index contributed by atoms with van der Waals surface area (Å²) in [7, 11) is 0. The van der Waals surface area contributed by atoms with E-state index in [0.29, 0.717) is 5.92 Å². The highest BCUT2D eigenvalue weighted by Gasteiger charge is 2.18. The molecule has 0 heterocycles. The number of phenolic OH excluding ortho intramolecular Hbond substituents is 1. The maximum atomic E-state index is 10.5. The quantitative estimate of drug-likeness (QED) is 0.459. The molecule has 1 aliphatic carbocycles. The highest BCUT2D eigenvalue weighted by Crippen LogP contribution is 2.39. The summed E-state index contributed by atoms with van der Waals surface area (Å²) in [4.78, 5) is 4.97. The van der Waals surface area contributed by atoms with Crippen LogP contribution in [0.3, 0.4) is 0 Å². The first-order valence-corrected chi connectivity index (χ1v) is 11.0. The molecule has 0 atom stereocenters. The second-order valence-electron chi connectivity index (χ2n) is 8.54. The molecule has 1 saturated carbocycles. The van der Waals surface area contributed by atoms with E-state index in [2.05, 4.69) is 32.0 Å². The maximum Gasteiger partial charge on any atom is 0.124 e. The Bertz CT molecular complexity index is 1030. The number of aryl methyl sites for hydroxylation is 2. The van der Waals surface area contributed by atoms with Crippen molar-refractivity contribution in [3.05, 3.63) is 70.8 Å². The van der Waals surface area contributed by atoms with Crippen LogP contribution < -0.4 is 0 Å². The molecule has 2 nitrogen and oxygen atoms in total. The highest BCUT2D eigenvalue weighted by atomic mass is 16.3. The van der Waals surface area contributed by atoms with Crippen molar-refractivity contribution in [2.24, 2.45) is 4.99 Å². The molecular weight excluding hydrogens is 354 g/mol. The Hall–Kier alpha value is -2.61. The lowest BCUT2D eigenvalue weighted by Crippen LogP contribution is -2.04. The minimum Gasteiger partial charge on any atom is -0.507 e. The van der Waals surface area contributed by atoms with Gasteiger partial charge in [-0.1, -0.05) is 80.1 Å². The summed E-state index contributed by atoms with van der Waals surface area (Å²) in [5.41, 5.74) is 5.81. The Kier molecular flexibility index (Phi) is 5.99. The van der Waals surface area contributed by atoms with E-state index < -0.39 is 0 Å². The van der Waals surface area contributed by atoms with E-state index in [4.69, 9.17) is 4.99 Å². The van der Waals surface area contributed by atoms with Crippen LogP contribution >= 0.6 is 0 Å². The first-order valence-electron chi connectivity index (χ1n) is 11.0. The Balaban J connectivity index is 1.77. The molecule has 0 bridgehead atoms. The molecule has 0 saturated heterocycles. The van der Waals surface area contributed by atoms with Crippen LogP contribution in [0.2, 0.25) is 0 Å². The third-order valence-electron chi connectivity index (χ3n) is 6.29. The molecule has 3 aromatic rings. The van der Waals surface area contributed by atoms with E-state index in [-0.39, 0.29) is 5.75 Å². The van der Waals surface area contributed by atoms with Crippen molar-refractivity contribution in [3.63, 3.8) is 0 Å². The van der Waals surface area contributed by atoms with Crippen LogP contribution in [-0.4, -0.2) is 11.3 Å². The lowest BCUT2D eigenvalue weighted by molar-refractivity contribution is 0.456. The summed E-state index contributed by atoms with van der Waals surface area (Å²) >= 11 is 0. The second-order valence-corrected chi connectivity index (χ2v) is 8.54. The van der Waals surface area contributed by atoms with Crippen LogP contribution in [-0.2, 0) is 0 Å². The van der Waals surface area contributed by atoms with Crippen LogP contribution in [0.5, 0.6) is 5.75 Å². The van der Waals surface area contributed by atoms with E-state index >= 15 is 0 Å². The van der Waals surface area contributed by atoms with E-state index in [9.17, 15) is 5.11 Å². The van der Waals surface area contributed by atoms with E-state index in [0.717, 1.165) is 22.0 Å². The number of nitrogens with zero attached hydrogens (tertiary/aromatic N) is 1. The summed E-state index contributed by atoms with van der Waals surface area (Å²) in [5.74, 6) is 0.867. The predicted molar refractivity (Wildman–Crippen MR) is 124 cm³/mol. The van der Waals surface area contributed by atoms with Crippen molar-refractivity contribution in [2.45, 2.75) is 64.7 Å². The molecule has 3 aromatic carbocycles. The number of aliphatic imine (C=N–C) groups is 1. The lowest BCUT2D eigenvalue weighted by atomic mass is 9.83. The number of hydrogen-bond donors (Lipinski definition) is 1. The second kappa shape index (κ2) is 8.82. The summed E-state index contributed by atoms with van der Waals surface area (Å²) in [6.07, 6.45) is 11.1. The molecule has 1 aliphatic rings. The van der Waals surface area contributed by atoms with Crippen LogP contribution in [0, 0.1) is 13.8 Å². The van der Waals surface area contributed by atoms with Gasteiger partial charge in [0, 0.05) is 11.8 Å². The number of fused-ring (bicyclic) bond motifs is 1. The van der Waals surface area contributed by atoms with Gasteiger partial charge in [-0.15, -0.1) is 0 Å². The van der Waals surface area contributed by atoms with Crippen LogP contribution in [0.15, 0.2) is 53.5 Å². The summed E-state index contributed by atoms with van der Waals surface area (Å²) in [6.45, 7) is 4.35. The van der Waals surface area contributed by atoms with E-state index in [1.807, 2.05) is 30.5 Å². The average Bonchev–Trinajstić information content (AvgIpc) is 2.68. The SMILES string of the molecule is Cc1cc(C)c(N=Cc2c(O)ccc3ccccc23)c(C2CCCCCCC2)c1. The molecule has 0 amide bonds. The van der Waals surface area contributed by atoms with Gasteiger partial charge in [0.25, 0.3) is 0 Å². The smallest absolute Gasteiger partial charge is 0.124 e. The molecule has 0 unspecified atom stereocenters. The van der Waals surface area contributed by atoms with Gasteiger partial charge in [0.15, 0.2) is 0 Å². The van der Waals surface area contributed by atoms with Crippen molar-refractivity contribution in [2.75, 3.05) is 0 Å². The fourth-order valence-corrected chi connectivity index (χ4v) is 4.80. The van der Waals surface area contributed by atoms with Crippen molar-refractivity contribution >= 4 is 22.7 Å². The first kappa shape index (κ1) is 19.7. The van der Waals surface area contributed by atoms with E-state index in [1.54, 1.807) is 6.07 Å². The number of hydrogen-bond acceptors (Lipinski definition) is 2. The zero-order valence-corrected chi connectivity index (χ0v) is 17.6. The molecule has 0 aliphatic heterocycles. The predicted octanol–water partition coefficient (Wildman–Crippen LogP) is 7.74. The molecular formula is C27H31NO. The van der Waals surface area contributed by atoms with Crippen LogP contribution in [0.25, 0.3) is 10.8 Å². The van der Waals surface area contributed by atoms with Crippen molar-refractivity contribution in [3.8, 4) is 5.75 Å². The van der Waals surface area contributed by atoms with Crippen molar-refractivity contribution in [1.29, 1.82) is 0 Å². The van der Waals surface area contributed by atoms with Gasteiger partial charge in [0.05, 0.1) is 5.69 Å². The van der Waals surface area contributed by atoms with Crippen molar-refractivity contribution in [1.82, 2.24) is 0 Å². The first-order chi connectivity index (χ1) is 14.1. The van der Waals surface area contributed by atoms with Gasteiger partial charge in [0.2, 0.25) is 0 Å². The van der Waals surface area contributed by atoms with Gasteiger partial charge in [-0.2, -0.15) is 0 Å². The van der Waals surface area contributed by atoms with Gasteiger partial charge in [-0.05, 0) is 60.6 Å². The lowest BCUT2D eigenvalue weighted by Gasteiger charge is -2.23. The molecule has 1 fully saturated rings. The van der Waals surface area contributed by atoms with Crippen molar-refractivity contribution < 1.29 is 5.11 Å². The zero-order valence-electron chi connectivity index (χ0n) is 17.6.